The molecule has 3 aromatic rings. The molecule has 4 nitrogen and oxygen atoms in total. The van der Waals surface area contributed by atoms with Crippen LogP contribution in [0.3, 0.4) is 0 Å². The molecule has 6 heteroatoms. The topological polar surface area (TPSA) is 54.0 Å². The molecule has 0 saturated carbocycles. The Labute approximate surface area is 153 Å². The smallest absolute Gasteiger partial charge is 0.255 e. The van der Waals surface area contributed by atoms with Crippen LogP contribution in [0.5, 0.6) is 0 Å². The first-order chi connectivity index (χ1) is 11.7. The first-order valence-electron chi connectivity index (χ1n) is 7.20. The first-order valence-corrected chi connectivity index (χ1v) is 8.81. The lowest BCUT2D eigenvalue weighted by molar-refractivity contribution is 0.102. The third kappa shape index (κ3) is 4.59. The zero-order chi connectivity index (χ0) is 16.8. The number of carbonyl (C=O) groups is 1. The monoisotopic (exact) mass is 399 g/mol. The first kappa shape index (κ1) is 16.5. The van der Waals surface area contributed by atoms with Crippen LogP contribution < -0.4 is 10.0 Å². The van der Waals surface area contributed by atoms with E-state index in [4.69, 9.17) is 0 Å². The van der Waals surface area contributed by atoms with Crippen molar-refractivity contribution in [1.82, 2.24) is 4.98 Å². The summed E-state index contributed by atoms with van der Waals surface area (Å²) in [4.78, 5) is 17.4. The summed E-state index contributed by atoms with van der Waals surface area (Å²) in [6.45, 7) is 0. The van der Waals surface area contributed by atoms with Gasteiger partial charge in [-0.05, 0) is 66.5 Å². The molecule has 0 spiro atoms. The summed E-state index contributed by atoms with van der Waals surface area (Å²) in [6.07, 6.45) is 3.28. The van der Waals surface area contributed by atoms with Crippen LogP contribution >= 0.6 is 27.9 Å². The average molecular weight is 400 g/mol. The molecule has 0 atom stereocenters. The molecule has 0 bridgehead atoms. The third-order valence-corrected chi connectivity index (χ3v) is 4.52. The molecule has 1 amide bonds. The van der Waals surface area contributed by atoms with Crippen LogP contribution in [0.25, 0.3) is 0 Å². The van der Waals surface area contributed by atoms with Crippen LogP contribution in [-0.4, -0.2) is 10.9 Å². The van der Waals surface area contributed by atoms with E-state index >= 15 is 0 Å². The third-order valence-electron chi connectivity index (χ3n) is 3.14. The van der Waals surface area contributed by atoms with Gasteiger partial charge in [-0.25, -0.2) is 0 Å². The van der Waals surface area contributed by atoms with Gasteiger partial charge in [-0.1, -0.05) is 22.0 Å². The predicted octanol–water partition coefficient (Wildman–Crippen LogP) is 5.22. The predicted molar refractivity (Wildman–Crippen MR) is 102 cm³/mol. The van der Waals surface area contributed by atoms with Crippen LogP contribution in [-0.2, 0) is 0 Å². The molecule has 2 aromatic carbocycles. The molecule has 24 heavy (non-hydrogen) atoms. The number of carbonyl (C=O) groups excluding carboxylic acids is 1. The lowest BCUT2D eigenvalue weighted by atomic mass is 10.2. The Balaban J connectivity index is 1.65. The Morgan fingerprint density at radius 1 is 1.00 bits per heavy atom. The van der Waals surface area contributed by atoms with Gasteiger partial charge in [-0.15, -0.1) is 0 Å². The molecule has 0 unspecified atom stereocenters. The molecule has 0 aliphatic rings. The van der Waals surface area contributed by atoms with Crippen molar-refractivity contribution in [3.8, 4) is 0 Å². The number of pyridine rings is 1. The van der Waals surface area contributed by atoms with Crippen molar-refractivity contribution < 1.29 is 4.79 Å². The molecule has 1 heterocycles. The molecular formula is C18H14BrN3OS. The number of hydrogen-bond acceptors (Lipinski definition) is 4. The van der Waals surface area contributed by atoms with Crippen LogP contribution in [0, 0.1) is 0 Å². The number of rotatable bonds is 5. The van der Waals surface area contributed by atoms with E-state index in [-0.39, 0.29) is 5.91 Å². The fraction of sp³-hybridized carbons (Fsp3) is 0. The average Bonchev–Trinajstić information content (AvgIpc) is 2.62. The normalized spacial score (nSPS) is 10.2. The van der Waals surface area contributed by atoms with Gasteiger partial charge in [0.25, 0.3) is 5.91 Å². The fourth-order valence-corrected chi connectivity index (χ4v) is 2.88. The van der Waals surface area contributed by atoms with Gasteiger partial charge in [0.15, 0.2) is 0 Å². The van der Waals surface area contributed by atoms with Crippen molar-refractivity contribution in [1.29, 1.82) is 0 Å². The number of halogens is 1. The highest BCUT2D eigenvalue weighted by Crippen LogP contribution is 2.23. The SMILES string of the molecule is O=C(Nc1cccnc1)c1cccc(NSc2ccc(Br)cc2)c1. The lowest BCUT2D eigenvalue weighted by Gasteiger charge is -2.08. The molecule has 1 aromatic heterocycles. The molecule has 2 N–H and O–H groups in total. The van der Waals surface area contributed by atoms with Gasteiger partial charge in [0.2, 0.25) is 0 Å². The summed E-state index contributed by atoms with van der Waals surface area (Å²) in [6, 6.07) is 19.0. The Hall–Kier alpha value is -2.31. The summed E-state index contributed by atoms with van der Waals surface area (Å²) >= 11 is 4.91. The van der Waals surface area contributed by atoms with Crippen LogP contribution in [0.2, 0.25) is 0 Å². The summed E-state index contributed by atoms with van der Waals surface area (Å²) in [5, 5.41) is 2.82. The zero-order valence-corrected chi connectivity index (χ0v) is 15.0. The van der Waals surface area contributed by atoms with Crippen LogP contribution in [0.1, 0.15) is 10.4 Å². The molecule has 0 aliphatic carbocycles. The quantitative estimate of drug-likeness (QED) is 0.577. The van der Waals surface area contributed by atoms with E-state index < -0.39 is 0 Å². The highest BCUT2D eigenvalue weighted by atomic mass is 79.9. The van der Waals surface area contributed by atoms with E-state index in [9.17, 15) is 4.79 Å². The number of anilines is 2. The molecule has 0 radical (unpaired) electrons. The van der Waals surface area contributed by atoms with Gasteiger partial charge >= 0.3 is 0 Å². The Morgan fingerprint density at radius 2 is 1.79 bits per heavy atom. The second-order valence-corrected chi connectivity index (χ2v) is 6.73. The van der Waals surface area contributed by atoms with Gasteiger partial charge in [-0.2, -0.15) is 0 Å². The second kappa shape index (κ2) is 7.99. The maximum absolute atomic E-state index is 12.3. The maximum atomic E-state index is 12.3. The van der Waals surface area contributed by atoms with Crippen molar-refractivity contribution in [2.45, 2.75) is 4.90 Å². The number of nitrogens with one attached hydrogen (secondary N) is 2. The van der Waals surface area contributed by atoms with Crippen molar-refractivity contribution in [2.75, 3.05) is 10.0 Å². The second-order valence-electron chi connectivity index (χ2n) is 4.93. The van der Waals surface area contributed by atoms with E-state index in [1.165, 1.54) is 11.9 Å². The minimum Gasteiger partial charge on any atom is -0.326 e. The number of amides is 1. The molecule has 3 rings (SSSR count). The number of nitrogens with zero attached hydrogens (tertiary/aromatic N) is 1. The van der Waals surface area contributed by atoms with E-state index in [2.05, 4.69) is 31.0 Å². The highest BCUT2D eigenvalue weighted by Gasteiger charge is 2.07. The summed E-state index contributed by atoms with van der Waals surface area (Å²) in [5.41, 5.74) is 2.12. The van der Waals surface area contributed by atoms with Crippen LogP contribution in [0.4, 0.5) is 11.4 Å². The molecular weight excluding hydrogens is 386 g/mol. The molecule has 0 aliphatic heterocycles. The fourth-order valence-electron chi connectivity index (χ4n) is 1.98. The van der Waals surface area contributed by atoms with Gasteiger partial charge < -0.3 is 10.0 Å². The summed E-state index contributed by atoms with van der Waals surface area (Å²) in [5.74, 6) is -0.166. The van der Waals surface area contributed by atoms with Gasteiger partial charge in [0, 0.05) is 26.8 Å². The summed E-state index contributed by atoms with van der Waals surface area (Å²) in [7, 11) is 0. The van der Waals surface area contributed by atoms with Crippen molar-refractivity contribution >= 4 is 45.2 Å². The summed E-state index contributed by atoms with van der Waals surface area (Å²) < 4.78 is 4.29. The van der Waals surface area contributed by atoms with Crippen molar-refractivity contribution in [2.24, 2.45) is 0 Å². The number of aromatic nitrogens is 1. The standard InChI is InChI=1S/C18H14BrN3OS/c19-14-6-8-17(9-7-14)24-22-15-4-1-3-13(11-15)18(23)21-16-5-2-10-20-12-16/h1-12,22H,(H,21,23). The van der Waals surface area contributed by atoms with E-state index in [1.54, 1.807) is 30.6 Å². The van der Waals surface area contributed by atoms with Crippen molar-refractivity contribution in [3.63, 3.8) is 0 Å². The van der Waals surface area contributed by atoms with Gasteiger partial charge in [0.05, 0.1) is 11.9 Å². The van der Waals surface area contributed by atoms with E-state index in [0.717, 1.165) is 15.1 Å². The largest absolute Gasteiger partial charge is 0.326 e. The Kier molecular flexibility index (Phi) is 5.51. The van der Waals surface area contributed by atoms with Crippen LogP contribution in [0.15, 0.2) is 82.4 Å². The Morgan fingerprint density at radius 3 is 2.54 bits per heavy atom. The van der Waals surface area contributed by atoms with Gasteiger partial charge in [-0.3, -0.25) is 9.78 Å². The molecule has 120 valence electrons. The van der Waals surface area contributed by atoms with Gasteiger partial charge in [0.1, 0.15) is 0 Å². The van der Waals surface area contributed by atoms with E-state index in [0.29, 0.717) is 11.3 Å². The number of benzene rings is 2. The number of hydrogen-bond donors (Lipinski definition) is 2. The van der Waals surface area contributed by atoms with Crippen molar-refractivity contribution in [3.05, 3.63) is 83.1 Å². The minimum absolute atomic E-state index is 0.166. The molecule has 0 fully saturated rings. The minimum atomic E-state index is -0.166. The zero-order valence-electron chi connectivity index (χ0n) is 12.6. The van der Waals surface area contributed by atoms with E-state index in [1.807, 2.05) is 42.5 Å². The maximum Gasteiger partial charge on any atom is 0.255 e. The lowest BCUT2D eigenvalue weighted by Crippen LogP contribution is -2.12. The Bertz CT molecular complexity index is 825. The highest BCUT2D eigenvalue weighted by molar-refractivity contribution is 9.10. The molecule has 0 saturated heterocycles.